The Morgan fingerprint density at radius 2 is 1.48 bits per heavy atom. The number of H-pyrrole nitrogens is 1. The van der Waals surface area contributed by atoms with Crippen LogP contribution in [-0.4, -0.2) is 27.4 Å². The minimum absolute atomic E-state index is 0.144. The number of nitrogens with one attached hydrogen (secondary N) is 1. The van der Waals surface area contributed by atoms with Crippen LogP contribution in [0.5, 0.6) is 0 Å². The standard InChI is InChI=1S/C19H20N2OS/c1-13-3-7-15(8-4-13)17-18(16-9-5-14(2)6-10-16)21-19(20-17)23-12-11-22/h3-10,22H,11-12H2,1-2H3,(H,20,21). The molecule has 0 aliphatic heterocycles. The lowest BCUT2D eigenvalue weighted by Crippen LogP contribution is -1.86. The fourth-order valence-electron chi connectivity index (χ4n) is 2.41. The van der Waals surface area contributed by atoms with Gasteiger partial charge in [-0.1, -0.05) is 71.4 Å². The number of aromatic nitrogens is 2. The molecule has 1 heterocycles. The van der Waals surface area contributed by atoms with Gasteiger partial charge in [-0.25, -0.2) is 4.98 Å². The molecule has 118 valence electrons. The summed E-state index contributed by atoms with van der Waals surface area (Å²) in [5.41, 5.74) is 6.66. The summed E-state index contributed by atoms with van der Waals surface area (Å²) < 4.78 is 0. The molecule has 0 aliphatic rings. The van der Waals surface area contributed by atoms with Crippen LogP contribution in [0.25, 0.3) is 22.5 Å². The first kappa shape index (κ1) is 15.8. The van der Waals surface area contributed by atoms with Crippen LogP contribution in [0.4, 0.5) is 0 Å². The zero-order valence-electron chi connectivity index (χ0n) is 13.3. The molecule has 0 amide bonds. The minimum Gasteiger partial charge on any atom is -0.396 e. The Balaban J connectivity index is 2.06. The monoisotopic (exact) mass is 324 g/mol. The van der Waals surface area contributed by atoms with E-state index in [1.165, 1.54) is 22.9 Å². The van der Waals surface area contributed by atoms with Gasteiger partial charge in [-0.05, 0) is 13.8 Å². The van der Waals surface area contributed by atoms with Crippen LogP contribution < -0.4 is 0 Å². The lowest BCUT2D eigenvalue weighted by atomic mass is 10.0. The van der Waals surface area contributed by atoms with Crippen LogP contribution in [0, 0.1) is 13.8 Å². The molecule has 2 aromatic carbocycles. The second kappa shape index (κ2) is 7.02. The molecule has 0 radical (unpaired) electrons. The molecule has 0 unspecified atom stereocenters. The van der Waals surface area contributed by atoms with Crippen molar-refractivity contribution < 1.29 is 5.11 Å². The third kappa shape index (κ3) is 3.66. The fraction of sp³-hybridized carbons (Fsp3) is 0.211. The van der Waals surface area contributed by atoms with Crippen molar-refractivity contribution in [3.8, 4) is 22.5 Å². The highest BCUT2D eigenvalue weighted by Crippen LogP contribution is 2.32. The van der Waals surface area contributed by atoms with Crippen molar-refractivity contribution >= 4 is 11.8 Å². The van der Waals surface area contributed by atoms with Crippen LogP contribution in [0.2, 0.25) is 0 Å². The molecule has 4 heteroatoms. The zero-order chi connectivity index (χ0) is 16.2. The van der Waals surface area contributed by atoms with E-state index in [1.54, 1.807) is 0 Å². The molecule has 3 nitrogen and oxygen atoms in total. The van der Waals surface area contributed by atoms with E-state index >= 15 is 0 Å². The Hall–Kier alpha value is -2.04. The van der Waals surface area contributed by atoms with Crippen molar-refractivity contribution in [3.05, 3.63) is 59.7 Å². The first-order valence-electron chi connectivity index (χ1n) is 7.65. The van der Waals surface area contributed by atoms with E-state index in [2.05, 4.69) is 67.4 Å². The number of imidazole rings is 1. The van der Waals surface area contributed by atoms with E-state index in [-0.39, 0.29) is 6.61 Å². The first-order valence-corrected chi connectivity index (χ1v) is 8.63. The van der Waals surface area contributed by atoms with Crippen molar-refractivity contribution in [2.45, 2.75) is 19.0 Å². The van der Waals surface area contributed by atoms with Crippen molar-refractivity contribution in [2.24, 2.45) is 0 Å². The Bertz CT molecular complexity index is 713. The maximum atomic E-state index is 9.04. The summed E-state index contributed by atoms with van der Waals surface area (Å²) in [7, 11) is 0. The maximum Gasteiger partial charge on any atom is 0.166 e. The molecule has 2 N–H and O–H groups in total. The molecule has 0 saturated carbocycles. The Kier molecular flexibility index (Phi) is 4.84. The molecule has 0 bridgehead atoms. The number of hydrogen-bond acceptors (Lipinski definition) is 3. The van der Waals surface area contributed by atoms with E-state index in [9.17, 15) is 0 Å². The number of nitrogens with zero attached hydrogens (tertiary/aromatic N) is 1. The third-order valence-electron chi connectivity index (χ3n) is 3.68. The van der Waals surface area contributed by atoms with E-state index in [4.69, 9.17) is 10.1 Å². The van der Waals surface area contributed by atoms with E-state index in [0.717, 1.165) is 27.7 Å². The van der Waals surface area contributed by atoms with Gasteiger partial charge in [-0.3, -0.25) is 0 Å². The number of aryl methyl sites for hydroxylation is 2. The third-order valence-corrected chi connectivity index (χ3v) is 4.53. The average molecular weight is 324 g/mol. The van der Waals surface area contributed by atoms with Gasteiger partial charge in [-0.2, -0.15) is 0 Å². The topological polar surface area (TPSA) is 48.9 Å². The van der Waals surface area contributed by atoms with Gasteiger partial charge in [0.15, 0.2) is 5.16 Å². The van der Waals surface area contributed by atoms with E-state index in [1.807, 2.05) is 0 Å². The van der Waals surface area contributed by atoms with Crippen LogP contribution in [0.1, 0.15) is 11.1 Å². The number of benzene rings is 2. The van der Waals surface area contributed by atoms with Crippen LogP contribution >= 0.6 is 11.8 Å². The molecule has 0 fully saturated rings. The van der Waals surface area contributed by atoms with Crippen LogP contribution in [-0.2, 0) is 0 Å². The number of thioether (sulfide) groups is 1. The quantitative estimate of drug-likeness (QED) is 0.682. The molecular weight excluding hydrogens is 304 g/mol. The van der Waals surface area contributed by atoms with Gasteiger partial charge in [0.05, 0.1) is 18.0 Å². The van der Waals surface area contributed by atoms with Gasteiger partial charge in [0, 0.05) is 16.9 Å². The maximum absolute atomic E-state index is 9.04. The number of aliphatic hydroxyl groups is 1. The van der Waals surface area contributed by atoms with Crippen molar-refractivity contribution in [1.82, 2.24) is 9.97 Å². The second-order valence-electron chi connectivity index (χ2n) is 5.57. The Morgan fingerprint density at radius 3 is 2.04 bits per heavy atom. The van der Waals surface area contributed by atoms with Crippen LogP contribution in [0.15, 0.2) is 53.7 Å². The Labute approximate surface area is 140 Å². The predicted molar refractivity (Wildman–Crippen MR) is 96.7 cm³/mol. The van der Waals surface area contributed by atoms with Crippen molar-refractivity contribution in [3.63, 3.8) is 0 Å². The summed E-state index contributed by atoms with van der Waals surface area (Å²) in [6.07, 6.45) is 0. The summed E-state index contributed by atoms with van der Waals surface area (Å²) in [5, 5.41) is 9.87. The van der Waals surface area contributed by atoms with Gasteiger partial charge in [0.2, 0.25) is 0 Å². The smallest absolute Gasteiger partial charge is 0.166 e. The number of hydrogen-bond donors (Lipinski definition) is 2. The summed E-state index contributed by atoms with van der Waals surface area (Å²) in [5.74, 6) is 0.633. The molecule has 23 heavy (non-hydrogen) atoms. The molecular formula is C19H20N2OS. The number of aliphatic hydroxyl groups excluding tert-OH is 1. The van der Waals surface area contributed by atoms with Gasteiger partial charge in [0.1, 0.15) is 0 Å². The first-order chi connectivity index (χ1) is 11.2. The van der Waals surface area contributed by atoms with Crippen molar-refractivity contribution in [1.29, 1.82) is 0 Å². The molecule has 0 aliphatic carbocycles. The van der Waals surface area contributed by atoms with E-state index in [0.29, 0.717) is 5.75 Å². The lowest BCUT2D eigenvalue weighted by Gasteiger charge is -2.04. The molecule has 0 saturated heterocycles. The van der Waals surface area contributed by atoms with Gasteiger partial charge < -0.3 is 10.1 Å². The normalized spacial score (nSPS) is 10.9. The second-order valence-corrected chi connectivity index (χ2v) is 6.65. The Morgan fingerprint density at radius 1 is 0.913 bits per heavy atom. The summed E-state index contributed by atoms with van der Waals surface area (Å²) in [6.45, 7) is 4.31. The largest absolute Gasteiger partial charge is 0.396 e. The van der Waals surface area contributed by atoms with Gasteiger partial charge in [-0.15, -0.1) is 0 Å². The predicted octanol–water partition coefficient (Wildman–Crippen LogP) is 4.44. The molecule has 1 aromatic heterocycles. The molecule has 3 rings (SSSR count). The number of aromatic amines is 1. The highest BCUT2D eigenvalue weighted by molar-refractivity contribution is 7.99. The summed E-state index contributed by atoms with van der Waals surface area (Å²) >= 11 is 1.53. The van der Waals surface area contributed by atoms with Crippen molar-refractivity contribution in [2.75, 3.05) is 12.4 Å². The lowest BCUT2D eigenvalue weighted by molar-refractivity contribution is 0.322. The SMILES string of the molecule is Cc1ccc(-c2nc(SCCO)[nH]c2-c2ccc(C)cc2)cc1. The highest BCUT2D eigenvalue weighted by Gasteiger charge is 2.14. The minimum atomic E-state index is 0.144. The average Bonchev–Trinajstić information content (AvgIpc) is 2.98. The summed E-state index contributed by atoms with van der Waals surface area (Å²) in [6, 6.07) is 16.8. The number of rotatable bonds is 5. The van der Waals surface area contributed by atoms with Gasteiger partial charge >= 0.3 is 0 Å². The molecule has 3 aromatic rings. The van der Waals surface area contributed by atoms with Crippen LogP contribution in [0.3, 0.4) is 0 Å². The van der Waals surface area contributed by atoms with Gasteiger partial charge in [0.25, 0.3) is 0 Å². The highest BCUT2D eigenvalue weighted by atomic mass is 32.2. The zero-order valence-corrected chi connectivity index (χ0v) is 14.2. The molecule has 0 atom stereocenters. The fourth-order valence-corrected chi connectivity index (χ4v) is 3.03. The van der Waals surface area contributed by atoms with E-state index < -0.39 is 0 Å². The molecule has 0 spiro atoms. The summed E-state index contributed by atoms with van der Waals surface area (Å²) in [4.78, 5) is 8.15.